The summed E-state index contributed by atoms with van der Waals surface area (Å²) < 4.78 is 1.26. The number of anilines is 1. The van der Waals surface area contributed by atoms with Crippen LogP contribution in [0.25, 0.3) is 0 Å². The van der Waals surface area contributed by atoms with Crippen LogP contribution in [0, 0.1) is 6.92 Å². The van der Waals surface area contributed by atoms with Crippen LogP contribution in [0.4, 0.5) is 5.69 Å². The molecule has 0 bridgehead atoms. The predicted octanol–water partition coefficient (Wildman–Crippen LogP) is 5.87. The van der Waals surface area contributed by atoms with Gasteiger partial charge in [0.2, 0.25) is 0 Å². The van der Waals surface area contributed by atoms with Crippen LogP contribution in [0.15, 0.2) is 28.1 Å². The van der Waals surface area contributed by atoms with E-state index in [1.807, 2.05) is 11.3 Å². The first-order valence-corrected chi connectivity index (χ1v) is 8.93. The third kappa shape index (κ3) is 2.66. The van der Waals surface area contributed by atoms with Gasteiger partial charge in [-0.25, -0.2) is 0 Å². The third-order valence-corrected chi connectivity index (χ3v) is 5.86. The van der Waals surface area contributed by atoms with Crippen LogP contribution < -0.4 is 5.32 Å². The van der Waals surface area contributed by atoms with E-state index in [0.29, 0.717) is 6.04 Å². The van der Waals surface area contributed by atoms with E-state index in [1.165, 1.54) is 45.4 Å². The van der Waals surface area contributed by atoms with Gasteiger partial charge in [-0.1, -0.05) is 25.1 Å². The number of hydrogen-bond acceptors (Lipinski definition) is 2. The number of para-hydroxylation sites is 1. The minimum atomic E-state index is 0.465. The summed E-state index contributed by atoms with van der Waals surface area (Å²) in [7, 11) is 0. The summed E-state index contributed by atoms with van der Waals surface area (Å²) in [4.78, 5) is 1.55. The van der Waals surface area contributed by atoms with Crippen molar-refractivity contribution in [2.24, 2.45) is 0 Å². The van der Waals surface area contributed by atoms with E-state index >= 15 is 0 Å². The smallest absolute Gasteiger partial charge is 0.0705 e. The number of nitrogens with one attached hydrogen (secondary N) is 1. The van der Waals surface area contributed by atoms with Crippen molar-refractivity contribution in [1.29, 1.82) is 0 Å². The summed E-state index contributed by atoms with van der Waals surface area (Å²) in [5, 5.41) is 3.82. The van der Waals surface area contributed by atoms with Crippen LogP contribution in [0.5, 0.6) is 0 Å². The average Bonchev–Trinajstić information content (AvgIpc) is 2.82. The first-order valence-electron chi connectivity index (χ1n) is 7.32. The molecule has 0 saturated heterocycles. The molecule has 0 spiro atoms. The topological polar surface area (TPSA) is 12.0 Å². The van der Waals surface area contributed by atoms with Crippen molar-refractivity contribution >= 4 is 33.0 Å². The lowest BCUT2D eigenvalue weighted by molar-refractivity contribution is 0.608. The van der Waals surface area contributed by atoms with E-state index < -0.39 is 0 Å². The lowest BCUT2D eigenvalue weighted by Gasteiger charge is -2.26. The van der Waals surface area contributed by atoms with Crippen molar-refractivity contribution in [3.8, 4) is 0 Å². The Morgan fingerprint density at radius 2 is 2.25 bits per heavy atom. The highest BCUT2D eigenvalue weighted by Crippen LogP contribution is 2.40. The molecule has 1 aliphatic rings. The van der Waals surface area contributed by atoms with E-state index in [0.717, 1.165) is 6.42 Å². The third-order valence-electron chi connectivity index (χ3n) is 4.14. The Balaban J connectivity index is 1.93. The van der Waals surface area contributed by atoms with Gasteiger partial charge >= 0.3 is 0 Å². The van der Waals surface area contributed by atoms with Crippen LogP contribution in [0.3, 0.4) is 0 Å². The van der Waals surface area contributed by atoms with Gasteiger partial charge in [-0.15, -0.1) is 11.3 Å². The quantitative estimate of drug-likeness (QED) is 0.730. The van der Waals surface area contributed by atoms with Gasteiger partial charge in [0.1, 0.15) is 0 Å². The van der Waals surface area contributed by atoms with E-state index in [4.69, 9.17) is 0 Å². The van der Waals surface area contributed by atoms with Gasteiger partial charge in [0.25, 0.3) is 0 Å². The van der Waals surface area contributed by atoms with Gasteiger partial charge in [-0.05, 0) is 71.3 Å². The highest BCUT2D eigenvalue weighted by molar-refractivity contribution is 9.11. The van der Waals surface area contributed by atoms with Crippen molar-refractivity contribution in [3.63, 3.8) is 0 Å². The fourth-order valence-corrected chi connectivity index (χ4v) is 4.89. The second-order valence-electron chi connectivity index (χ2n) is 5.48. The summed E-state index contributed by atoms with van der Waals surface area (Å²) in [6.07, 6.45) is 4.83. The first kappa shape index (κ1) is 14.2. The molecule has 0 aliphatic heterocycles. The molecule has 106 valence electrons. The van der Waals surface area contributed by atoms with Gasteiger partial charge in [0, 0.05) is 10.6 Å². The molecule has 1 nitrogen and oxygen atoms in total. The molecule has 2 aromatic rings. The second kappa shape index (κ2) is 5.90. The minimum Gasteiger partial charge on any atom is -0.378 e. The molecule has 0 fully saturated rings. The van der Waals surface area contributed by atoms with E-state index in [2.05, 4.69) is 59.4 Å². The number of hydrogen-bond donors (Lipinski definition) is 1. The molecule has 1 aromatic heterocycles. The Hall–Kier alpha value is -0.800. The zero-order valence-corrected chi connectivity index (χ0v) is 14.4. The molecule has 1 atom stereocenters. The van der Waals surface area contributed by atoms with Crippen molar-refractivity contribution in [2.75, 3.05) is 5.32 Å². The summed E-state index contributed by atoms with van der Waals surface area (Å²) in [6.45, 7) is 4.43. The van der Waals surface area contributed by atoms with Gasteiger partial charge in [-0.2, -0.15) is 0 Å². The van der Waals surface area contributed by atoms with Gasteiger partial charge in [-0.3, -0.25) is 0 Å². The Morgan fingerprint density at radius 1 is 1.40 bits per heavy atom. The predicted molar refractivity (Wildman–Crippen MR) is 91.9 cm³/mol. The summed E-state index contributed by atoms with van der Waals surface area (Å²) >= 11 is 5.53. The van der Waals surface area contributed by atoms with Crippen LogP contribution in [-0.2, 0) is 12.8 Å². The van der Waals surface area contributed by atoms with E-state index in [-0.39, 0.29) is 0 Å². The number of benzene rings is 1. The summed E-state index contributed by atoms with van der Waals surface area (Å²) in [5.74, 6) is 0. The zero-order chi connectivity index (χ0) is 14.1. The molecule has 1 heterocycles. The maximum absolute atomic E-state index is 3.82. The molecule has 20 heavy (non-hydrogen) atoms. The minimum absolute atomic E-state index is 0.465. The Labute approximate surface area is 133 Å². The average molecular weight is 350 g/mol. The zero-order valence-electron chi connectivity index (χ0n) is 12.0. The van der Waals surface area contributed by atoms with Crippen LogP contribution >= 0.6 is 27.3 Å². The fourth-order valence-electron chi connectivity index (χ4n) is 3.08. The molecule has 1 N–H and O–H groups in total. The second-order valence-corrected chi connectivity index (χ2v) is 8.00. The van der Waals surface area contributed by atoms with E-state index in [9.17, 15) is 0 Å². The summed E-state index contributed by atoms with van der Waals surface area (Å²) in [5.41, 5.74) is 5.62. The normalized spacial score (nSPS) is 17.9. The van der Waals surface area contributed by atoms with Crippen LogP contribution in [-0.4, -0.2) is 0 Å². The van der Waals surface area contributed by atoms with Crippen molar-refractivity contribution in [3.05, 3.63) is 49.6 Å². The highest BCUT2D eigenvalue weighted by Gasteiger charge is 2.23. The molecule has 1 aromatic carbocycles. The lowest BCUT2D eigenvalue weighted by Crippen LogP contribution is -2.17. The monoisotopic (exact) mass is 349 g/mol. The van der Waals surface area contributed by atoms with E-state index in [1.54, 1.807) is 4.88 Å². The van der Waals surface area contributed by atoms with Crippen LogP contribution in [0.1, 0.15) is 47.4 Å². The van der Waals surface area contributed by atoms with Gasteiger partial charge in [0.05, 0.1) is 9.83 Å². The van der Waals surface area contributed by atoms with Gasteiger partial charge < -0.3 is 5.32 Å². The highest BCUT2D eigenvalue weighted by atomic mass is 79.9. The maximum Gasteiger partial charge on any atom is 0.0705 e. The maximum atomic E-state index is 3.82. The van der Waals surface area contributed by atoms with Gasteiger partial charge in [0.15, 0.2) is 0 Å². The number of thiophene rings is 1. The number of aryl methyl sites for hydroxylation is 3. The molecule has 0 amide bonds. The first-order chi connectivity index (χ1) is 9.69. The standard InChI is InChI=1S/C17H20BrNS/c1-3-12-7-4-6-11(2)17(12)19-14-8-5-9-15-13(14)10-16(18)20-15/h4,6-7,10,14,19H,3,5,8-9H2,1-2H3. The number of halogens is 1. The molecule has 0 radical (unpaired) electrons. The largest absolute Gasteiger partial charge is 0.378 e. The summed E-state index contributed by atoms with van der Waals surface area (Å²) in [6, 6.07) is 9.37. The van der Waals surface area contributed by atoms with Crippen molar-refractivity contribution in [2.45, 2.75) is 45.6 Å². The molecule has 0 saturated carbocycles. The molecular weight excluding hydrogens is 330 g/mol. The Morgan fingerprint density at radius 3 is 3.05 bits per heavy atom. The number of rotatable bonds is 3. The Kier molecular flexibility index (Phi) is 4.18. The SMILES string of the molecule is CCc1cccc(C)c1NC1CCCc2sc(Br)cc21. The lowest BCUT2D eigenvalue weighted by atomic mass is 9.93. The molecular formula is C17H20BrNS. The molecule has 1 unspecified atom stereocenters. The fraction of sp³-hybridized carbons (Fsp3) is 0.412. The Bertz CT molecular complexity index is 617. The van der Waals surface area contributed by atoms with Crippen molar-refractivity contribution < 1.29 is 0 Å². The van der Waals surface area contributed by atoms with Crippen molar-refractivity contribution in [1.82, 2.24) is 0 Å². The molecule has 1 aliphatic carbocycles. The molecule has 3 rings (SSSR count). The number of fused-ring (bicyclic) bond motifs is 1. The van der Waals surface area contributed by atoms with Crippen LogP contribution in [0.2, 0.25) is 0 Å². The molecule has 3 heteroatoms.